The lowest BCUT2D eigenvalue weighted by Crippen LogP contribution is -2.32. The van der Waals surface area contributed by atoms with E-state index in [0.29, 0.717) is 25.3 Å². The second kappa shape index (κ2) is 8.71. The molecule has 0 radical (unpaired) electrons. The molecule has 2 amide bonds. The Bertz CT molecular complexity index is 477. The topological polar surface area (TPSA) is 67.4 Å². The van der Waals surface area contributed by atoms with Crippen molar-refractivity contribution in [1.29, 1.82) is 0 Å². The number of amides is 2. The summed E-state index contributed by atoms with van der Waals surface area (Å²) in [7, 11) is 1.58. The van der Waals surface area contributed by atoms with Crippen molar-refractivity contribution in [3.63, 3.8) is 0 Å². The highest BCUT2D eigenvalue weighted by atomic mass is 79.9. The Balaban J connectivity index is 2.36. The van der Waals surface area contributed by atoms with Gasteiger partial charge >= 0.3 is 0 Å². The summed E-state index contributed by atoms with van der Waals surface area (Å²) >= 11 is 3.34. The van der Waals surface area contributed by atoms with Crippen molar-refractivity contribution in [2.45, 2.75) is 13.3 Å². The predicted molar refractivity (Wildman–Crippen MR) is 80.7 cm³/mol. The summed E-state index contributed by atoms with van der Waals surface area (Å²) in [6.07, 6.45) is 0.249. The van der Waals surface area contributed by atoms with Gasteiger partial charge in [0.05, 0.1) is 12.2 Å². The number of benzene rings is 1. The summed E-state index contributed by atoms with van der Waals surface area (Å²) in [5.74, 6) is -0.295. The minimum Gasteiger partial charge on any atom is -0.383 e. The molecule has 0 spiro atoms. The predicted octanol–water partition coefficient (Wildman–Crippen LogP) is 1.64. The average molecular weight is 343 g/mol. The van der Waals surface area contributed by atoms with Crippen molar-refractivity contribution in [2.75, 3.05) is 26.8 Å². The molecule has 20 heavy (non-hydrogen) atoms. The number of nitrogens with one attached hydrogen (secondary N) is 2. The van der Waals surface area contributed by atoms with Crippen molar-refractivity contribution in [3.8, 4) is 0 Å². The smallest absolute Gasteiger partial charge is 0.252 e. The van der Waals surface area contributed by atoms with E-state index >= 15 is 0 Å². The van der Waals surface area contributed by atoms with Crippen LogP contribution in [0.15, 0.2) is 22.7 Å². The van der Waals surface area contributed by atoms with Crippen LogP contribution in [0.1, 0.15) is 22.3 Å². The van der Waals surface area contributed by atoms with Gasteiger partial charge in [-0.25, -0.2) is 0 Å². The van der Waals surface area contributed by atoms with Crippen molar-refractivity contribution in [1.82, 2.24) is 10.6 Å². The van der Waals surface area contributed by atoms with Gasteiger partial charge in [-0.05, 0) is 35.0 Å². The van der Waals surface area contributed by atoms with E-state index < -0.39 is 0 Å². The summed E-state index contributed by atoms with van der Waals surface area (Å²) in [6.45, 7) is 3.19. The van der Waals surface area contributed by atoms with Crippen LogP contribution < -0.4 is 10.6 Å². The molecule has 110 valence electrons. The molecule has 0 unspecified atom stereocenters. The van der Waals surface area contributed by atoms with Crippen molar-refractivity contribution in [2.24, 2.45) is 0 Å². The fraction of sp³-hybridized carbons (Fsp3) is 0.429. The first kappa shape index (κ1) is 16.7. The summed E-state index contributed by atoms with van der Waals surface area (Å²) in [6, 6.07) is 5.56. The van der Waals surface area contributed by atoms with Gasteiger partial charge in [0.15, 0.2) is 0 Å². The summed E-state index contributed by atoms with van der Waals surface area (Å²) in [5, 5.41) is 5.42. The van der Waals surface area contributed by atoms with Crippen molar-refractivity contribution < 1.29 is 14.3 Å². The fourth-order valence-electron chi connectivity index (χ4n) is 1.58. The van der Waals surface area contributed by atoms with Crippen LogP contribution in [0.3, 0.4) is 0 Å². The quantitative estimate of drug-likeness (QED) is 0.740. The van der Waals surface area contributed by atoms with Crippen molar-refractivity contribution >= 4 is 27.7 Å². The SMILES string of the molecule is COCCNC(=O)CCNC(=O)c1cc(C)ccc1Br. The monoisotopic (exact) mass is 342 g/mol. The van der Waals surface area contributed by atoms with Crippen LogP contribution in [-0.4, -0.2) is 38.6 Å². The first-order chi connectivity index (χ1) is 9.54. The lowest BCUT2D eigenvalue weighted by molar-refractivity contribution is -0.121. The number of aryl methyl sites for hydroxylation is 1. The van der Waals surface area contributed by atoms with Gasteiger partial charge in [-0.15, -0.1) is 0 Å². The van der Waals surface area contributed by atoms with E-state index in [1.165, 1.54) is 0 Å². The highest BCUT2D eigenvalue weighted by Gasteiger charge is 2.10. The van der Waals surface area contributed by atoms with Crippen LogP contribution in [0, 0.1) is 6.92 Å². The number of carbonyl (C=O) groups is 2. The number of ether oxygens (including phenoxy) is 1. The van der Waals surface area contributed by atoms with Gasteiger partial charge in [0.1, 0.15) is 0 Å². The summed E-state index contributed by atoms with van der Waals surface area (Å²) < 4.78 is 5.57. The molecule has 5 nitrogen and oxygen atoms in total. The number of rotatable bonds is 7. The fourth-order valence-corrected chi connectivity index (χ4v) is 2.01. The molecule has 0 aliphatic rings. The highest BCUT2D eigenvalue weighted by molar-refractivity contribution is 9.10. The number of hydrogen-bond donors (Lipinski definition) is 2. The van der Waals surface area contributed by atoms with Crippen LogP contribution in [-0.2, 0) is 9.53 Å². The van der Waals surface area contributed by atoms with Crippen LogP contribution in [0.4, 0.5) is 0 Å². The van der Waals surface area contributed by atoms with E-state index in [2.05, 4.69) is 26.6 Å². The van der Waals surface area contributed by atoms with E-state index in [1.807, 2.05) is 19.1 Å². The van der Waals surface area contributed by atoms with Gasteiger partial charge in [0, 0.05) is 31.1 Å². The summed E-state index contributed by atoms with van der Waals surface area (Å²) in [4.78, 5) is 23.4. The van der Waals surface area contributed by atoms with E-state index in [1.54, 1.807) is 13.2 Å². The zero-order valence-electron chi connectivity index (χ0n) is 11.7. The van der Waals surface area contributed by atoms with Crippen LogP contribution in [0.2, 0.25) is 0 Å². The van der Waals surface area contributed by atoms with E-state index in [9.17, 15) is 9.59 Å². The number of hydrogen-bond acceptors (Lipinski definition) is 3. The molecule has 0 bridgehead atoms. The Morgan fingerprint density at radius 3 is 2.70 bits per heavy atom. The molecule has 0 aliphatic carbocycles. The number of halogens is 1. The maximum absolute atomic E-state index is 12.0. The van der Waals surface area contributed by atoms with Crippen LogP contribution in [0.25, 0.3) is 0 Å². The van der Waals surface area contributed by atoms with Gasteiger partial charge in [-0.2, -0.15) is 0 Å². The Kier molecular flexibility index (Phi) is 7.25. The van der Waals surface area contributed by atoms with Gasteiger partial charge in [0.2, 0.25) is 5.91 Å². The molecule has 1 aromatic carbocycles. The molecular weight excluding hydrogens is 324 g/mol. The molecule has 0 heterocycles. The third-order valence-electron chi connectivity index (χ3n) is 2.63. The molecule has 0 fully saturated rings. The average Bonchev–Trinajstić information content (AvgIpc) is 2.41. The second-order valence-corrected chi connectivity index (χ2v) is 5.19. The minimum atomic E-state index is -0.190. The largest absolute Gasteiger partial charge is 0.383 e. The molecule has 0 aliphatic heterocycles. The molecule has 1 rings (SSSR count). The maximum Gasteiger partial charge on any atom is 0.252 e. The van der Waals surface area contributed by atoms with Crippen LogP contribution in [0.5, 0.6) is 0 Å². The molecule has 2 N–H and O–H groups in total. The molecule has 6 heteroatoms. The van der Waals surface area contributed by atoms with Gasteiger partial charge < -0.3 is 15.4 Å². The second-order valence-electron chi connectivity index (χ2n) is 4.33. The lowest BCUT2D eigenvalue weighted by Gasteiger charge is -2.08. The minimum absolute atomic E-state index is 0.106. The van der Waals surface area contributed by atoms with Gasteiger partial charge in [0.25, 0.3) is 5.91 Å². The molecule has 0 saturated heterocycles. The Morgan fingerprint density at radius 1 is 1.25 bits per heavy atom. The zero-order chi connectivity index (χ0) is 15.0. The van der Waals surface area contributed by atoms with Crippen molar-refractivity contribution in [3.05, 3.63) is 33.8 Å². The first-order valence-electron chi connectivity index (χ1n) is 6.34. The molecule has 0 saturated carbocycles. The van der Waals surface area contributed by atoms with Gasteiger partial charge in [-0.1, -0.05) is 11.6 Å². The zero-order valence-corrected chi connectivity index (χ0v) is 13.2. The summed E-state index contributed by atoms with van der Waals surface area (Å²) in [5.41, 5.74) is 1.58. The number of methoxy groups -OCH3 is 1. The van der Waals surface area contributed by atoms with Crippen LogP contribution >= 0.6 is 15.9 Å². The first-order valence-corrected chi connectivity index (χ1v) is 7.14. The Labute approximate surface area is 127 Å². The standard InChI is InChI=1S/C14H19BrN2O3/c1-10-3-4-12(15)11(9-10)14(19)17-6-5-13(18)16-7-8-20-2/h3-4,9H,5-8H2,1-2H3,(H,16,18)(H,17,19). The maximum atomic E-state index is 12.0. The Hall–Kier alpha value is -1.40. The third kappa shape index (κ3) is 5.71. The lowest BCUT2D eigenvalue weighted by atomic mass is 10.1. The molecule has 0 aromatic heterocycles. The van der Waals surface area contributed by atoms with Gasteiger partial charge in [-0.3, -0.25) is 9.59 Å². The molecular formula is C14H19BrN2O3. The normalized spacial score (nSPS) is 10.2. The molecule has 0 atom stereocenters. The van der Waals surface area contributed by atoms with E-state index in [-0.39, 0.29) is 18.2 Å². The molecule has 1 aromatic rings. The highest BCUT2D eigenvalue weighted by Crippen LogP contribution is 2.17. The number of carbonyl (C=O) groups excluding carboxylic acids is 2. The van der Waals surface area contributed by atoms with E-state index in [0.717, 1.165) is 10.0 Å². The third-order valence-corrected chi connectivity index (χ3v) is 3.32. The Morgan fingerprint density at radius 2 is 2.00 bits per heavy atom. The van der Waals surface area contributed by atoms with E-state index in [4.69, 9.17) is 4.74 Å².